The third-order valence-electron chi connectivity index (χ3n) is 25.1. The zero-order valence-corrected chi connectivity index (χ0v) is 70.3. The van der Waals surface area contributed by atoms with Gasteiger partial charge >= 0.3 is 0 Å². The molecule has 0 aliphatic carbocycles. The van der Waals surface area contributed by atoms with E-state index < -0.39 is 0 Å². The maximum absolute atomic E-state index is 5.01. The van der Waals surface area contributed by atoms with Crippen LogP contribution in [0.3, 0.4) is 0 Å². The van der Waals surface area contributed by atoms with Crippen LogP contribution in [-0.2, 0) is 0 Å². The van der Waals surface area contributed by atoms with Gasteiger partial charge in [0.05, 0.1) is 44.1 Å². The predicted molar refractivity (Wildman–Crippen MR) is 537 cm³/mol. The highest BCUT2D eigenvalue weighted by Gasteiger charge is 2.25. The van der Waals surface area contributed by atoms with Crippen molar-refractivity contribution >= 4 is 210 Å². The summed E-state index contributed by atoms with van der Waals surface area (Å²) in [5.41, 5.74) is 24.0. The van der Waals surface area contributed by atoms with Crippen molar-refractivity contribution in [1.82, 2.24) is 33.2 Å². The smallest absolute Gasteiger partial charge is 0.100 e. The largest absolute Gasteiger partial charge is 0.311 e. The van der Waals surface area contributed by atoms with Crippen molar-refractivity contribution < 1.29 is 0 Å². The van der Waals surface area contributed by atoms with E-state index in [1.807, 2.05) is 53.0 Å². The summed E-state index contributed by atoms with van der Waals surface area (Å²) in [5, 5.41) is 20.3. The molecule has 0 aliphatic rings. The lowest BCUT2D eigenvalue weighted by molar-refractivity contribution is 1.10. The van der Waals surface area contributed by atoms with Gasteiger partial charge in [0.15, 0.2) is 0 Å². The maximum Gasteiger partial charge on any atom is 0.100 e. The molecule has 0 spiro atoms. The van der Waals surface area contributed by atoms with Crippen LogP contribution in [0.5, 0.6) is 0 Å². The molecule has 0 fully saturated rings. The highest BCUT2D eigenvalue weighted by Crippen LogP contribution is 2.51. The lowest BCUT2D eigenvalue weighted by Gasteiger charge is -2.25. The fourth-order valence-corrected chi connectivity index (χ4v) is 23.1. The molecule has 0 aliphatic heterocycles. The van der Waals surface area contributed by atoms with Crippen molar-refractivity contribution in [3.8, 4) is 56.1 Å². The zero-order valence-electron chi connectivity index (χ0n) is 67.9. The van der Waals surface area contributed by atoms with Gasteiger partial charge in [0.2, 0.25) is 0 Å². The standard InChI is InChI=1S/C41H25N3S.C41H27N3S.C33H20N2S/c1-3-11-27(12-4-1)43-25-42-35-24-33(31-20-21-32-30-16-8-10-18-38(30)45-41(32)39(31)40(35)43)26-19-22-37-34(23-26)29-15-7-9-17-36(29)44(37)28-13-5-2-6-14-28;1-4-12-29(13-5-1)43-27-42-37-26-36(34-24-25-35-33-18-10-11-19-38(33)45-41(35)39(34)40(37)43)28-20-22-32(23-21-28)44(30-14-6-2-7-15-30)31-16-8-3-9-17-31;1-2-10-24(11-3-1)35-20-34-29-19-28(23-15-14-21-8-4-5-9-22(21)18-23)26-16-17-27-25-12-6-7-13-30(25)36-33(27)31(26)32(29)35/h1-25H;1-27H;1-20H. The minimum Gasteiger partial charge on any atom is -0.311 e. The van der Waals surface area contributed by atoms with Crippen molar-refractivity contribution in [2.75, 3.05) is 4.90 Å². The molecule has 0 unspecified atom stereocenters. The van der Waals surface area contributed by atoms with Gasteiger partial charge in [-0.3, -0.25) is 13.7 Å². The van der Waals surface area contributed by atoms with E-state index >= 15 is 0 Å². The van der Waals surface area contributed by atoms with E-state index in [0.29, 0.717) is 0 Å². The Morgan fingerprint density at radius 1 is 0.214 bits per heavy atom. The minimum absolute atomic E-state index is 0.991. The number of imidazole rings is 3. The third kappa shape index (κ3) is 12.0. The van der Waals surface area contributed by atoms with E-state index in [9.17, 15) is 0 Å². The van der Waals surface area contributed by atoms with E-state index in [1.54, 1.807) is 0 Å². The Labute approximate surface area is 735 Å². The number of fused-ring (bicyclic) bond motifs is 25. The Morgan fingerprint density at radius 3 is 0.984 bits per heavy atom. The van der Waals surface area contributed by atoms with Crippen molar-refractivity contribution in [2.45, 2.75) is 0 Å². The third-order valence-corrected chi connectivity index (χ3v) is 28.7. The molecule has 0 N–H and O–H groups in total. The summed E-state index contributed by atoms with van der Waals surface area (Å²) in [4.78, 5) is 17.2. The molecule has 7 heterocycles. The van der Waals surface area contributed by atoms with Crippen molar-refractivity contribution in [3.63, 3.8) is 0 Å². The van der Waals surface area contributed by atoms with E-state index in [4.69, 9.17) is 15.0 Å². The molecular formula is C115H72N8S3. The van der Waals surface area contributed by atoms with Crippen LogP contribution in [0, 0.1) is 0 Å². The van der Waals surface area contributed by atoms with Crippen LogP contribution in [0.1, 0.15) is 0 Å². The molecule has 590 valence electrons. The first-order valence-corrected chi connectivity index (χ1v) is 44.9. The van der Waals surface area contributed by atoms with Gasteiger partial charge in [-0.05, 0) is 206 Å². The fraction of sp³-hybridized carbons (Fsp3) is 0. The van der Waals surface area contributed by atoms with Gasteiger partial charge in [-0.25, -0.2) is 15.0 Å². The summed E-state index contributed by atoms with van der Waals surface area (Å²) in [6.07, 6.45) is 5.91. The van der Waals surface area contributed by atoms with Gasteiger partial charge in [0.1, 0.15) is 19.0 Å². The Morgan fingerprint density at radius 2 is 0.540 bits per heavy atom. The van der Waals surface area contributed by atoms with E-state index in [0.717, 1.165) is 67.2 Å². The number of rotatable bonds is 10. The van der Waals surface area contributed by atoms with Gasteiger partial charge < -0.3 is 9.47 Å². The van der Waals surface area contributed by atoms with Gasteiger partial charge in [0.25, 0.3) is 0 Å². The Hall–Kier alpha value is -15.9. The second-order valence-corrected chi connectivity index (χ2v) is 35.3. The predicted octanol–water partition coefficient (Wildman–Crippen LogP) is 32.4. The summed E-state index contributed by atoms with van der Waals surface area (Å²) in [7, 11) is 0. The van der Waals surface area contributed by atoms with Gasteiger partial charge in [-0.1, -0.05) is 273 Å². The molecule has 7 aromatic heterocycles. The number of para-hydroxylation sites is 7. The van der Waals surface area contributed by atoms with Crippen LogP contribution in [0.15, 0.2) is 438 Å². The first-order chi connectivity index (χ1) is 62.5. The fourth-order valence-electron chi connectivity index (χ4n) is 19.4. The Bertz CT molecular complexity index is 8920. The number of anilines is 3. The van der Waals surface area contributed by atoms with Crippen molar-refractivity contribution in [1.29, 1.82) is 0 Å². The molecule has 11 heteroatoms. The topological polar surface area (TPSA) is 61.6 Å². The summed E-state index contributed by atoms with van der Waals surface area (Å²) in [5.74, 6) is 0. The van der Waals surface area contributed by atoms with Gasteiger partial charge in [-0.2, -0.15) is 0 Å². The summed E-state index contributed by atoms with van der Waals surface area (Å²) < 4.78 is 17.0. The van der Waals surface area contributed by atoms with Gasteiger partial charge in [0, 0.05) is 127 Å². The molecule has 27 rings (SSSR count). The zero-order chi connectivity index (χ0) is 82.9. The van der Waals surface area contributed by atoms with E-state index in [2.05, 4.69) is 442 Å². The molecule has 0 saturated carbocycles. The molecular weight excluding hydrogens is 1590 g/mol. The molecule has 0 radical (unpaired) electrons. The van der Waals surface area contributed by atoms with Crippen molar-refractivity contribution in [3.05, 3.63) is 438 Å². The number of aromatic nitrogens is 7. The normalized spacial score (nSPS) is 11.8. The molecule has 20 aromatic carbocycles. The number of hydrogen-bond acceptors (Lipinski definition) is 7. The van der Waals surface area contributed by atoms with Crippen molar-refractivity contribution in [2.24, 2.45) is 0 Å². The number of benzene rings is 20. The monoisotopic (exact) mass is 1660 g/mol. The molecule has 0 bridgehead atoms. The lowest BCUT2D eigenvalue weighted by Crippen LogP contribution is -2.09. The van der Waals surface area contributed by atoms with Crippen LogP contribution >= 0.6 is 34.0 Å². The summed E-state index contributed by atoms with van der Waals surface area (Å²) >= 11 is 5.63. The number of hydrogen-bond donors (Lipinski definition) is 0. The first-order valence-electron chi connectivity index (χ1n) is 42.5. The van der Waals surface area contributed by atoms with Crippen LogP contribution in [-0.4, -0.2) is 33.2 Å². The molecule has 0 saturated heterocycles. The van der Waals surface area contributed by atoms with Crippen LogP contribution in [0.4, 0.5) is 17.1 Å². The van der Waals surface area contributed by atoms with Crippen LogP contribution < -0.4 is 4.90 Å². The quantitative estimate of drug-likeness (QED) is 0.137. The highest BCUT2D eigenvalue weighted by atomic mass is 32.1. The molecule has 0 amide bonds. The van der Waals surface area contributed by atoms with Crippen LogP contribution in [0.2, 0.25) is 0 Å². The van der Waals surface area contributed by atoms with E-state index in [-0.39, 0.29) is 0 Å². The summed E-state index contributed by atoms with van der Waals surface area (Å²) in [6.45, 7) is 0. The summed E-state index contributed by atoms with van der Waals surface area (Å²) in [6, 6.07) is 150. The average molecular weight is 1660 g/mol. The molecule has 27 aromatic rings. The molecule has 126 heavy (non-hydrogen) atoms. The maximum atomic E-state index is 5.01. The van der Waals surface area contributed by atoms with Crippen LogP contribution in [0.25, 0.3) is 215 Å². The SMILES string of the molecule is c1ccc(-n2cnc3cc(-c4ccc5c(c4)c4ccccc4n5-c4ccccc4)c4ccc5c6ccccc6sc5c4c32)cc1.c1ccc(-n2cnc3cc(-c4ccc5ccccc5c4)c4ccc5c6ccccc6sc5c4c32)cc1.c1ccc(N(c2ccccc2)c2ccc(-c3cc4ncn(-c5ccccc5)c4c4c3ccc3c5ccccc5sc34)cc2)cc1. The number of thiophene rings is 3. The molecule has 0 atom stereocenters. The second kappa shape index (κ2) is 30.0. The number of nitrogens with zero attached hydrogens (tertiary/aromatic N) is 8. The van der Waals surface area contributed by atoms with Gasteiger partial charge in [-0.15, -0.1) is 34.0 Å². The Balaban J connectivity index is 0.000000104. The second-order valence-electron chi connectivity index (χ2n) is 32.2. The van der Waals surface area contributed by atoms with E-state index in [1.165, 1.54) is 164 Å². The minimum atomic E-state index is 0.991. The Kier molecular flexibility index (Phi) is 17.4. The first kappa shape index (κ1) is 72.9. The highest BCUT2D eigenvalue weighted by molar-refractivity contribution is 7.27. The molecule has 8 nitrogen and oxygen atoms in total. The average Bonchev–Trinajstić information content (AvgIpc) is 1.55. The lowest BCUT2D eigenvalue weighted by atomic mass is 9.94.